The molecule has 1 fully saturated rings. The number of aromatic nitrogens is 6. The summed E-state index contributed by atoms with van der Waals surface area (Å²) in [6.45, 7) is 0. The molecule has 24 heavy (non-hydrogen) atoms. The first-order valence-electron chi connectivity index (χ1n) is 8.20. The molecule has 0 bridgehead atoms. The molecule has 2 aromatic heterocycles. The smallest absolute Gasteiger partial charge is 0.258 e. The van der Waals surface area contributed by atoms with E-state index in [1.165, 1.54) is 31.0 Å². The van der Waals surface area contributed by atoms with Crippen LogP contribution in [0, 0.1) is 0 Å². The fourth-order valence-electron chi connectivity index (χ4n) is 3.17. The SMILES string of the molecule is O=c1[nH]c(CSc2nnnn2C2CCCCC2)nc2ccccc12. The van der Waals surface area contributed by atoms with Gasteiger partial charge in [-0.05, 0) is 35.4 Å². The minimum Gasteiger partial charge on any atom is -0.309 e. The van der Waals surface area contributed by atoms with E-state index >= 15 is 0 Å². The topological polar surface area (TPSA) is 89.4 Å². The van der Waals surface area contributed by atoms with Gasteiger partial charge in [0.05, 0.1) is 22.7 Å². The van der Waals surface area contributed by atoms with Crippen LogP contribution in [0.3, 0.4) is 0 Å². The summed E-state index contributed by atoms with van der Waals surface area (Å²) in [4.78, 5) is 19.5. The maximum absolute atomic E-state index is 12.1. The summed E-state index contributed by atoms with van der Waals surface area (Å²) in [6.07, 6.45) is 6.01. The third kappa shape index (κ3) is 3.06. The van der Waals surface area contributed by atoms with Gasteiger partial charge in [-0.15, -0.1) is 5.10 Å². The Bertz CT molecular complexity index is 899. The van der Waals surface area contributed by atoms with Crippen molar-refractivity contribution in [1.29, 1.82) is 0 Å². The Labute approximate surface area is 142 Å². The zero-order valence-corrected chi connectivity index (χ0v) is 14.0. The summed E-state index contributed by atoms with van der Waals surface area (Å²) < 4.78 is 1.93. The Morgan fingerprint density at radius 2 is 2.04 bits per heavy atom. The van der Waals surface area contributed by atoms with Crippen molar-refractivity contribution in [3.63, 3.8) is 0 Å². The van der Waals surface area contributed by atoms with E-state index in [2.05, 4.69) is 25.5 Å². The van der Waals surface area contributed by atoms with Gasteiger partial charge in [-0.1, -0.05) is 43.2 Å². The second-order valence-corrected chi connectivity index (χ2v) is 6.96. The minimum atomic E-state index is -0.108. The number of rotatable bonds is 4. The number of nitrogens with zero attached hydrogens (tertiary/aromatic N) is 5. The van der Waals surface area contributed by atoms with E-state index in [1.54, 1.807) is 6.07 Å². The number of fused-ring (bicyclic) bond motifs is 1. The molecule has 0 unspecified atom stereocenters. The van der Waals surface area contributed by atoms with Gasteiger partial charge in [-0.2, -0.15) is 0 Å². The fourth-order valence-corrected chi connectivity index (χ4v) is 3.99. The van der Waals surface area contributed by atoms with E-state index in [4.69, 9.17) is 0 Å². The lowest BCUT2D eigenvalue weighted by molar-refractivity contribution is 0.307. The molecule has 0 aliphatic heterocycles. The lowest BCUT2D eigenvalue weighted by Gasteiger charge is -2.21. The zero-order chi connectivity index (χ0) is 16.4. The highest BCUT2D eigenvalue weighted by Crippen LogP contribution is 2.30. The van der Waals surface area contributed by atoms with Gasteiger partial charge in [-0.3, -0.25) is 4.79 Å². The van der Waals surface area contributed by atoms with Crippen molar-refractivity contribution in [3.05, 3.63) is 40.4 Å². The number of nitrogens with one attached hydrogen (secondary N) is 1. The van der Waals surface area contributed by atoms with Gasteiger partial charge in [0.2, 0.25) is 5.16 Å². The standard InChI is InChI=1S/C16H18N6OS/c23-15-12-8-4-5-9-13(12)17-14(18-15)10-24-16-19-20-21-22(16)11-6-2-1-3-7-11/h4-5,8-9,11H,1-3,6-7,10H2,(H,17,18,23). The van der Waals surface area contributed by atoms with Crippen LogP contribution in [0.2, 0.25) is 0 Å². The molecule has 7 nitrogen and oxygen atoms in total. The van der Waals surface area contributed by atoms with Gasteiger partial charge in [0.25, 0.3) is 5.56 Å². The Balaban J connectivity index is 1.53. The van der Waals surface area contributed by atoms with Gasteiger partial charge in [0, 0.05) is 0 Å². The summed E-state index contributed by atoms with van der Waals surface area (Å²) >= 11 is 1.51. The molecule has 1 N–H and O–H groups in total. The van der Waals surface area contributed by atoms with Crippen LogP contribution in [-0.4, -0.2) is 30.2 Å². The van der Waals surface area contributed by atoms with E-state index < -0.39 is 0 Å². The predicted octanol–water partition coefficient (Wildman–Crippen LogP) is 2.71. The molecule has 0 radical (unpaired) electrons. The molecule has 1 saturated carbocycles. The highest BCUT2D eigenvalue weighted by molar-refractivity contribution is 7.98. The van der Waals surface area contributed by atoms with E-state index in [0.717, 1.165) is 18.0 Å². The highest BCUT2D eigenvalue weighted by Gasteiger charge is 2.20. The zero-order valence-electron chi connectivity index (χ0n) is 13.2. The molecule has 2 heterocycles. The van der Waals surface area contributed by atoms with Crippen molar-refractivity contribution in [2.45, 2.75) is 49.1 Å². The largest absolute Gasteiger partial charge is 0.309 e. The quantitative estimate of drug-likeness (QED) is 0.733. The van der Waals surface area contributed by atoms with Crippen molar-refractivity contribution in [3.8, 4) is 0 Å². The molecule has 0 spiro atoms. The number of thioether (sulfide) groups is 1. The third-order valence-corrected chi connectivity index (χ3v) is 5.33. The fraction of sp³-hybridized carbons (Fsp3) is 0.438. The van der Waals surface area contributed by atoms with Gasteiger partial charge < -0.3 is 4.98 Å². The maximum atomic E-state index is 12.1. The summed E-state index contributed by atoms with van der Waals surface area (Å²) in [5.41, 5.74) is 0.604. The monoisotopic (exact) mass is 342 g/mol. The number of hydrogen-bond acceptors (Lipinski definition) is 6. The second-order valence-electron chi connectivity index (χ2n) is 6.02. The van der Waals surface area contributed by atoms with Gasteiger partial charge in [0.1, 0.15) is 5.82 Å². The Morgan fingerprint density at radius 3 is 2.92 bits per heavy atom. The second kappa shape index (κ2) is 6.72. The number of hydrogen-bond donors (Lipinski definition) is 1. The number of tetrazole rings is 1. The third-order valence-electron chi connectivity index (χ3n) is 4.38. The summed E-state index contributed by atoms with van der Waals surface area (Å²) in [6, 6.07) is 7.74. The van der Waals surface area contributed by atoms with E-state index in [0.29, 0.717) is 28.5 Å². The molecule has 8 heteroatoms. The van der Waals surface area contributed by atoms with Crippen molar-refractivity contribution in [2.75, 3.05) is 0 Å². The van der Waals surface area contributed by atoms with E-state index in [1.807, 2.05) is 22.9 Å². The molecular formula is C16H18N6OS. The average Bonchev–Trinajstić information content (AvgIpc) is 3.09. The van der Waals surface area contributed by atoms with E-state index in [-0.39, 0.29) is 5.56 Å². The molecule has 0 atom stereocenters. The van der Waals surface area contributed by atoms with Gasteiger partial charge in [-0.25, -0.2) is 9.67 Å². The van der Waals surface area contributed by atoms with Crippen LogP contribution in [0.1, 0.15) is 44.0 Å². The van der Waals surface area contributed by atoms with Crippen molar-refractivity contribution < 1.29 is 0 Å². The van der Waals surface area contributed by atoms with Crippen LogP contribution in [0.25, 0.3) is 10.9 Å². The number of benzene rings is 1. The Hall–Kier alpha value is -2.22. The van der Waals surface area contributed by atoms with Crippen molar-refractivity contribution >= 4 is 22.7 Å². The first-order valence-corrected chi connectivity index (χ1v) is 9.18. The lowest BCUT2D eigenvalue weighted by atomic mass is 9.96. The van der Waals surface area contributed by atoms with Crippen LogP contribution in [0.5, 0.6) is 0 Å². The van der Waals surface area contributed by atoms with Gasteiger partial charge in [0.15, 0.2) is 0 Å². The van der Waals surface area contributed by atoms with Crippen LogP contribution < -0.4 is 5.56 Å². The van der Waals surface area contributed by atoms with Crippen molar-refractivity contribution in [2.24, 2.45) is 0 Å². The highest BCUT2D eigenvalue weighted by atomic mass is 32.2. The van der Waals surface area contributed by atoms with Crippen LogP contribution >= 0.6 is 11.8 Å². The van der Waals surface area contributed by atoms with E-state index in [9.17, 15) is 4.79 Å². The Kier molecular flexibility index (Phi) is 4.29. The van der Waals surface area contributed by atoms with Crippen LogP contribution in [0.4, 0.5) is 0 Å². The molecule has 124 valence electrons. The first kappa shape index (κ1) is 15.3. The number of para-hydroxylation sites is 1. The maximum Gasteiger partial charge on any atom is 0.258 e. The molecule has 0 saturated heterocycles. The first-order chi connectivity index (χ1) is 11.8. The summed E-state index contributed by atoms with van der Waals surface area (Å²) in [5, 5.41) is 13.5. The molecule has 4 rings (SSSR count). The minimum absolute atomic E-state index is 0.108. The van der Waals surface area contributed by atoms with Gasteiger partial charge >= 0.3 is 0 Å². The molecule has 0 amide bonds. The van der Waals surface area contributed by atoms with Crippen LogP contribution in [0.15, 0.2) is 34.2 Å². The van der Waals surface area contributed by atoms with Crippen LogP contribution in [-0.2, 0) is 5.75 Å². The molecule has 3 aromatic rings. The summed E-state index contributed by atoms with van der Waals surface area (Å²) in [7, 11) is 0. The molecule has 1 aromatic carbocycles. The molecule has 1 aliphatic carbocycles. The normalized spacial score (nSPS) is 15.8. The number of H-pyrrole nitrogens is 1. The lowest BCUT2D eigenvalue weighted by Crippen LogP contribution is -2.15. The number of aromatic amines is 1. The molecular weight excluding hydrogens is 324 g/mol. The predicted molar refractivity (Wildman–Crippen MR) is 91.9 cm³/mol. The Morgan fingerprint density at radius 1 is 1.21 bits per heavy atom. The summed E-state index contributed by atoms with van der Waals surface area (Å²) in [5.74, 6) is 1.18. The molecule has 1 aliphatic rings. The average molecular weight is 342 g/mol. The van der Waals surface area contributed by atoms with Crippen molar-refractivity contribution in [1.82, 2.24) is 30.2 Å².